The molecule has 0 fully saturated rings. The minimum absolute atomic E-state index is 0.0176. The van der Waals surface area contributed by atoms with Crippen LogP contribution in [0.1, 0.15) is 24.3 Å². The molecule has 6 heteroatoms. The molecule has 2 amide bonds. The SMILES string of the molecule is Cc1nc2cc(NC(=O)CC[C@H]3Cc4ccccc4NC3=O)ccc2o1. The lowest BCUT2D eigenvalue weighted by atomic mass is 9.89. The standard InChI is InChI=1S/C20H19N3O3/c1-12-21-17-11-15(7-8-18(17)26-12)22-19(24)9-6-14-10-13-4-2-3-5-16(13)23-20(14)25/h2-5,7-8,11,14H,6,9-10H2,1H3,(H,22,24)(H,23,25)/t14-/m0/s1. The quantitative estimate of drug-likeness (QED) is 0.753. The van der Waals surface area contributed by atoms with Gasteiger partial charge in [0.1, 0.15) is 5.52 Å². The van der Waals surface area contributed by atoms with Crippen LogP contribution in [-0.2, 0) is 16.0 Å². The number of aromatic nitrogens is 1. The Hall–Kier alpha value is -3.15. The number of rotatable bonds is 4. The summed E-state index contributed by atoms with van der Waals surface area (Å²) in [5.74, 6) is 0.274. The molecule has 0 spiro atoms. The fourth-order valence-electron chi connectivity index (χ4n) is 3.30. The fraction of sp³-hybridized carbons (Fsp3) is 0.250. The summed E-state index contributed by atoms with van der Waals surface area (Å²) in [4.78, 5) is 28.7. The van der Waals surface area contributed by atoms with Gasteiger partial charge >= 0.3 is 0 Å². The Kier molecular flexibility index (Phi) is 4.16. The lowest BCUT2D eigenvalue weighted by molar-refractivity contribution is -0.121. The Morgan fingerprint density at radius 1 is 1.31 bits per heavy atom. The second-order valence-electron chi connectivity index (χ2n) is 6.55. The summed E-state index contributed by atoms with van der Waals surface area (Å²) in [5, 5.41) is 5.78. The molecule has 2 aromatic carbocycles. The Bertz CT molecular complexity index is 993. The topological polar surface area (TPSA) is 84.2 Å². The van der Waals surface area contributed by atoms with Gasteiger partial charge in [0, 0.05) is 30.6 Å². The maximum absolute atomic E-state index is 12.3. The zero-order valence-electron chi connectivity index (χ0n) is 14.4. The highest BCUT2D eigenvalue weighted by Crippen LogP contribution is 2.27. The van der Waals surface area contributed by atoms with Crippen LogP contribution in [0.2, 0.25) is 0 Å². The molecular formula is C20H19N3O3. The van der Waals surface area contributed by atoms with Gasteiger partial charge in [0.2, 0.25) is 11.8 Å². The molecule has 132 valence electrons. The molecule has 26 heavy (non-hydrogen) atoms. The van der Waals surface area contributed by atoms with Crippen molar-refractivity contribution in [1.29, 1.82) is 0 Å². The summed E-state index contributed by atoms with van der Waals surface area (Å²) < 4.78 is 5.43. The molecule has 6 nitrogen and oxygen atoms in total. The maximum Gasteiger partial charge on any atom is 0.227 e. The van der Waals surface area contributed by atoms with E-state index in [2.05, 4.69) is 15.6 Å². The van der Waals surface area contributed by atoms with Gasteiger partial charge < -0.3 is 15.1 Å². The number of anilines is 2. The number of carbonyl (C=O) groups is 2. The number of oxazole rings is 1. The molecular weight excluding hydrogens is 330 g/mol. The number of carbonyl (C=O) groups excluding carboxylic acids is 2. The van der Waals surface area contributed by atoms with Crippen molar-refractivity contribution in [3.63, 3.8) is 0 Å². The molecule has 0 saturated carbocycles. The van der Waals surface area contributed by atoms with Crippen LogP contribution in [0.15, 0.2) is 46.9 Å². The Morgan fingerprint density at radius 2 is 2.15 bits per heavy atom. The molecule has 1 aliphatic rings. The molecule has 0 bridgehead atoms. The summed E-state index contributed by atoms with van der Waals surface area (Å²) in [5.41, 5.74) is 4.06. The lowest BCUT2D eigenvalue weighted by Crippen LogP contribution is -2.30. The average molecular weight is 349 g/mol. The van der Waals surface area contributed by atoms with Crippen molar-refractivity contribution >= 4 is 34.3 Å². The van der Waals surface area contributed by atoms with Crippen molar-refractivity contribution in [2.24, 2.45) is 5.92 Å². The number of nitrogens with one attached hydrogen (secondary N) is 2. The van der Waals surface area contributed by atoms with Crippen LogP contribution in [0, 0.1) is 12.8 Å². The first-order valence-corrected chi connectivity index (χ1v) is 8.64. The number of hydrogen-bond acceptors (Lipinski definition) is 4. The number of fused-ring (bicyclic) bond motifs is 2. The number of nitrogens with zero attached hydrogens (tertiary/aromatic N) is 1. The largest absolute Gasteiger partial charge is 0.441 e. The van der Waals surface area contributed by atoms with Crippen molar-refractivity contribution in [3.8, 4) is 0 Å². The third kappa shape index (κ3) is 3.31. The molecule has 4 rings (SSSR count). The highest BCUT2D eigenvalue weighted by Gasteiger charge is 2.26. The van der Waals surface area contributed by atoms with Gasteiger partial charge in [-0.1, -0.05) is 18.2 Å². The lowest BCUT2D eigenvalue weighted by Gasteiger charge is -2.24. The first-order valence-electron chi connectivity index (χ1n) is 8.64. The highest BCUT2D eigenvalue weighted by atomic mass is 16.3. The van der Waals surface area contributed by atoms with Gasteiger partial charge in [0.25, 0.3) is 0 Å². The van der Waals surface area contributed by atoms with Gasteiger partial charge in [0.15, 0.2) is 11.5 Å². The number of benzene rings is 2. The Balaban J connectivity index is 1.37. The summed E-state index contributed by atoms with van der Waals surface area (Å²) in [6, 6.07) is 13.1. The van der Waals surface area contributed by atoms with E-state index < -0.39 is 0 Å². The molecule has 2 N–H and O–H groups in total. The minimum atomic E-state index is -0.184. The zero-order chi connectivity index (χ0) is 18.1. The second-order valence-corrected chi connectivity index (χ2v) is 6.55. The molecule has 0 aliphatic carbocycles. The van der Waals surface area contributed by atoms with Gasteiger partial charge in [-0.25, -0.2) is 4.98 Å². The monoisotopic (exact) mass is 349 g/mol. The first-order chi connectivity index (χ1) is 12.6. The van der Waals surface area contributed by atoms with Gasteiger partial charge in [-0.2, -0.15) is 0 Å². The molecule has 1 atom stereocenters. The van der Waals surface area contributed by atoms with Crippen molar-refractivity contribution < 1.29 is 14.0 Å². The molecule has 0 radical (unpaired) electrons. The van der Waals surface area contributed by atoms with Crippen LogP contribution in [0.5, 0.6) is 0 Å². The van der Waals surface area contributed by atoms with Gasteiger partial charge in [-0.3, -0.25) is 9.59 Å². The fourth-order valence-corrected chi connectivity index (χ4v) is 3.30. The second kappa shape index (κ2) is 6.63. The van der Waals surface area contributed by atoms with Crippen LogP contribution in [0.25, 0.3) is 11.1 Å². The number of aryl methyl sites for hydroxylation is 1. The van der Waals surface area contributed by atoms with E-state index in [0.29, 0.717) is 35.5 Å². The van der Waals surface area contributed by atoms with Crippen molar-refractivity contribution in [3.05, 3.63) is 53.9 Å². The number of hydrogen-bond donors (Lipinski definition) is 2. The Labute approximate surface area is 150 Å². The number of amides is 2. The third-order valence-electron chi connectivity index (χ3n) is 4.61. The van der Waals surface area contributed by atoms with E-state index in [4.69, 9.17) is 4.42 Å². The summed E-state index contributed by atoms with van der Waals surface area (Å²) >= 11 is 0. The predicted octanol–water partition coefficient (Wildman–Crippen LogP) is 3.67. The van der Waals surface area contributed by atoms with E-state index in [1.165, 1.54) is 0 Å². The van der Waals surface area contributed by atoms with Gasteiger partial charge in [-0.05, 0) is 42.7 Å². The van der Waals surface area contributed by atoms with E-state index in [-0.39, 0.29) is 24.2 Å². The number of para-hydroxylation sites is 1. The van der Waals surface area contributed by atoms with E-state index in [9.17, 15) is 9.59 Å². The molecule has 0 unspecified atom stereocenters. The van der Waals surface area contributed by atoms with Crippen LogP contribution in [-0.4, -0.2) is 16.8 Å². The molecule has 0 saturated heterocycles. The maximum atomic E-state index is 12.3. The normalized spacial score (nSPS) is 16.2. The first kappa shape index (κ1) is 16.3. The highest BCUT2D eigenvalue weighted by molar-refractivity contribution is 5.97. The van der Waals surface area contributed by atoms with Crippen LogP contribution in [0.3, 0.4) is 0 Å². The third-order valence-corrected chi connectivity index (χ3v) is 4.61. The van der Waals surface area contributed by atoms with Crippen LogP contribution < -0.4 is 10.6 Å². The molecule has 3 aromatic rings. The van der Waals surface area contributed by atoms with E-state index >= 15 is 0 Å². The van der Waals surface area contributed by atoms with Crippen molar-refractivity contribution in [2.75, 3.05) is 10.6 Å². The summed E-state index contributed by atoms with van der Waals surface area (Å²) in [6.07, 6.45) is 1.47. The average Bonchev–Trinajstić information content (AvgIpc) is 2.99. The van der Waals surface area contributed by atoms with E-state index in [0.717, 1.165) is 11.3 Å². The van der Waals surface area contributed by atoms with E-state index in [1.54, 1.807) is 25.1 Å². The molecule has 1 aliphatic heterocycles. The zero-order valence-corrected chi connectivity index (χ0v) is 14.4. The van der Waals surface area contributed by atoms with Crippen LogP contribution >= 0.6 is 0 Å². The van der Waals surface area contributed by atoms with Crippen molar-refractivity contribution in [1.82, 2.24) is 4.98 Å². The molecule has 2 heterocycles. The molecule has 1 aromatic heterocycles. The Morgan fingerprint density at radius 3 is 3.04 bits per heavy atom. The van der Waals surface area contributed by atoms with Crippen molar-refractivity contribution in [2.45, 2.75) is 26.2 Å². The van der Waals surface area contributed by atoms with Gasteiger partial charge in [-0.15, -0.1) is 0 Å². The van der Waals surface area contributed by atoms with E-state index in [1.807, 2.05) is 24.3 Å². The predicted molar refractivity (Wildman–Crippen MR) is 98.9 cm³/mol. The van der Waals surface area contributed by atoms with Crippen LogP contribution in [0.4, 0.5) is 11.4 Å². The summed E-state index contributed by atoms with van der Waals surface area (Å²) in [6.45, 7) is 1.78. The van der Waals surface area contributed by atoms with Gasteiger partial charge in [0.05, 0.1) is 0 Å². The smallest absolute Gasteiger partial charge is 0.227 e. The summed E-state index contributed by atoms with van der Waals surface area (Å²) in [7, 11) is 0. The minimum Gasteiger partial charge on any atom is -0.441 e.